The number of carbonyl (C=O) groups excluding carboxylic acids is 3. The Balaban J connectivity index is 2.77. The number of ether oxygens (including phenoxy) is 2. The molecule has 0 aromatic heterocycles. The van der Waals surface area contributed by atoms with Crippen LogP contribution in [0.25, 0.3) is 0 Å². The van der Waals surface area contributed by atoms with Crippen LogP contribution in [0.4, 0.5) is 4.79 Å². The molecule has 1 fully saturated rings. The monoisotopic (exact) mass is 271 g/mol. The van der Waals surface area contributed by atoms with Crippen molar-refractivity contribution in [3.05, 3.63) is 0 Å². The molecule has 0 N–H and O–H groups in total. The number of aldehydes is 1. The summed E-state index contributed by atoms with van der Waals surface area (Å²) in [5.41, 5.74) is 0. The molecule has 0 bridgehead atoms. The summed E-state index contributed by atoms with van der Waals surface area (Å²) in [5.74, 6) is -0.447. The molecule has 1 rings (SSSR count). The summed E-state index contributed by atoms with van der Waals surface area (Å²) in [4.78, 5) is 35.7. The van der Waals surface area contributed by atoms with Crippen molar-refractivity contribution < 1.29 is 23.9 Å². The highest BCUT2D eigenvalue weighted by Gasteiger charge is 2.43. The minimum atomic E-state index is -0.626. The van der Waals surface area contributed by atoms with E-state index in [9.17, 15) is 14.4 Å². The maximum Gasteiger partial charge on any atom is 0.410 e. The van der Waals surface area contributed by atoms with E-state index in [2.05, 4.69) is 0 Å². The standard InChI is InChI=1S/C13H21NO5/c1-3-18-12(16)11-10(6-5-9-15)7-8-14(11)13(17)19-4-2/h9-11H,3-8H2,1-2H3/t10-,11-/m0/s1. The van der Waals surface area contributed by atoms with Gasteiger partial charge >= 0.3 is 12.1 Å². The number of hydrogen-bond donors (Lipinski definition) is 0. The first kappa shape index (κ1) is 15.5. The first-order chi connectivity index (χ1) is 9.15. The molecule has 6 nitrogen and oxygen atoms in total. The van der Waals surface area contributed by atoms with E-state index in [0.717, 1.165) is 6.29 Å². The number of carbonyl (C=O) groups is 3. The SMILES string of the molecule is CCOC(=O)[C@@H]1[C@@H](CCC=O)CCN1C(=O)OCC. The first-order valence-corrected chi connectivity index (χ1v) is 6.69. The van der Waals surface area contributed by atoms with Crippen molar-refractivity contribution in [3.8, 4) is 0 Å². The molecule has 6 heteroatoms. The molecule has 0 saturated carbocycles. The van der Waals surface area contributed by atoms with Crippen molar-refractivity contribution in [2.75, 3.05) is 19.8 Å². The number of esters is 1. The van der Waals surface area contributed by atoms with Crippen LogP contribution in [-0.4, -0.2) is 49.0 Å². The number of rotatable bonds is 6. The molecule has 1 aliphatic rings. The summed E-state index contributed by atoms with van der Waals surface area (Å²) in [6.45, 7) is 4.45. The highest BCUT2D eigenvalue weighted by atomic mass is 16.6. The Bertz CT molecular complexity index is 331. The highest BCUT2D eigenvalue weighted by Crippen LogP contribution is 2.29. The van der Waals surface area contributed by atoms with Gasteiger partial charge in [-0.2, -0.15) is 0 Å². The molecule has 0 spiro atoms. The Morgan fingerprint density at radius 1 is 1.26 bits per heavy atom. The highest BCUT2D eigenvalue weighted by molar-refractivity contribution is 5.82. The average Bonchev–Trinajstić information content (AvgIpc) is 2.80. The summed E-state index contributed by atoms with van der Waals surface area (Å²) in [5, 5.41) is 0. The van der Waals surface area contributed by atoms with Gasteiger partial charge in [-0.05, 0) is 32.6 Å². The van der Waals surface area contributed by atoms with Gasteiger partial charge in [0.05, 0.1) is 13.2 Å². The van der Waals surface area contributed by atoms with E-state index in [1.54, 1.807) is 13.8 Å². The predicted octanol–water partition coefficient (Wildman–Crippen LogP) is 1.38. The van der Waals surface area contributed by atoms with Crippen LogP contribution in [0, 0.1) is 5.92 Å². The lowest BCUT2D eigenvalue weighted by atomic mass is 9.95. The Hall–Kier alpha value is -1.59. The van der Waals surface area contributed by atoms with E-state index in [1.165, 1.54) is 4.90 Å². The predicted molar refractivity (Wildman–Crippen MR) is 67.6 cm³/mol. The van der Waals surface area contributed by atoms with E-state index < -0.39 is 18.1 Å². The molecule has 1 amide bonds. The van der Waals surface area contributed by atoms with Crippen LogP contribution in [0.15, 0.2) is 0 Å². The fourth-order valence-corrected chi connectivity index (χ4v) is 2.40. The molecular formula is C13H21NO5. The van der Waals surface area contributed by atoms with Crippen LogP contribution in [-0.2, 0) is 19.1 Å². The van der Waals surface area contributed by atoms with E-state index in [1.807, 2.05) is 0 Å². The number of nitrogens with zero attached hydrogens (tertiary/aromatic N) is 1. The zero-order chi connectivity index (χ0) is 14.3. The maximum atomic E-state index is 12.0. The van der Waals surface area contributed by atoms with Crippen molar-refractivity contribution in [3.63, 3.8) is 0 Å². The van der Waals surface area contributed by atoms with Crippen molar-refractivity contribution in [2.45, 2.75) is 39.2 Å². The molecule has 108 valence electrons. The molecule has 0 aliphatic carbocycles. The van der Waals surface area contributed by atoms with Gasteiger partial charge < -0.3 is 14.3 Å². The lowest BCUT2D eigenvalue weighted by Gasteiger charge is -2.25. The minimum absolute atomic E-state index is 0.0337. The third-order valence-corrected chi connectivity index (χ3v) is 3.21. The molecular weight excluding hydrogens is 250 g/mol. The van der Waals surface area contributed by atoms with Crippen molar-refractivity contribution in [1.82, 2.24) is 4.90 Å². The van der Waals surface area contributed by atoms with Crippen molar-refractivity contribution in [2.24, 2.45) is 5.92 Å². The largest absolute Gasteiger partial charge is 0.464 e. The molecule has 1 aliphatic heterocycles. The third kappa shape index (κ3) is 3.94. The van der Waals surface area contributed by atoms with Crippen molar-refractivity contribution in [1.29, 1.82) is 0 Å². The third-order valence-electron chi connectivity index (χ3n) is 3.21. The Kier molecular flexibility index (Phi) is 6.32. The summed E-state index contributed by atoms with van der Waals surface area (Å²) < 4.78 is 9.96. The lowest BCUT2D eigenvalue weighted by molar-refractivity contribution is -0.149. The summed E-state index contributed by atoms with van der Waals surface area (Å²) in [7, 11) is 0. The second-order valence-corrected chi connectivity index (χ2v) is 4.38. The second-order valence-electron chi connectivity index (χ2n) is 4.38. The van der Waals surface area contributed by atoms with Gasteiger partial charge in [-0.3, -0.25) is 4.90 Å². The Morgan fingerprint density at radius 3 is 2.53 bits per heavy atom. The average molecular weight is 271 g/mol. The molecule has 0 unspecified atom stereocenters. The zero-order valence-corrected chi connectivity index (χ0v) is 11.5. The van der Waals surface area contributed by atoms with E-state index in [4.69, 9.17) is 9.47 Å². The lowest BCUT2D eigenvalue weighted by Crippen LogP contribution is -2.44. The number of hydrogen-bond acceptors (Lipinski definition) is 5. The molecule has 1 saturated heterocycles. The van der Waals surface area contributed by atoms with Gasteiger partial charge in [-0.1, -0.05) is 0 Å². The normalized spacial score (nSPS) is 22.1. The fourth-order valence-electron chi connectivity index (χ4n) is 2.40. The van der Waals surface area contributed by atoms with E-state index >= 15 is 0 Å². The molecule has 0 radical (unpaired) electrons. The van der Waals surface area contributed by atoms with Crippen LogP contribution < -0.4 is 0 Å². The van der Waals surface area contributed by atoms with E-state index in [-0.39, 0.29) is 19.1 Å². The molecule has 1 heterocycles. The van der Waals surface area contributed by atoms with Crippen molar-refractivity contribution >= 4 is 18.3 Å². The first-order valence-electron chi connectivity index (χ1n) is 6.69. The Labute approximate surface area is 113 Å². The quantitative estimate of drug-likeness (QED) is 0.539. The van der Waals surface area contributed by atoms with Gasteiger partial charge in [-0.15, -0.1) is 0 Å². The van der Waals surface area contributed by atoms with E-state index in [0.29, 0.717) is 25.8 Å². The summed E-state index contributed by atoms with van der Waals surface area (Å²) >= 11 is 0. The van der Waals surface area contributed by atoms with Gasteiger partial charge in [0.1, 0.15) is 12.3 Å². The van der Waals surface area contributed by atoms with Gasteiger partial charge in [0.25, 0.3) is 0 Å². The zero-order valence-electron chi connectivity index (χ0n) is 11.5. The fraction of sp³-hybridized carbons (Fsp3) is 0.769. The van der Waals surface area contributed by atoms with Crippen LogP contribution in [0.3, 0.4) is 0 Å². The second kappa shape index (κ2) is 7.76. The Morgan fingerprint density at radius 2 is 1.95 bits per heavy atom. The minimum Gasteiger partial charge on any atom is -0.464 e. The van der Waals surface area contributed by atoms with Gasteiger partial charge in [0.2, 0.25) is 0 Å². The topological polar surface area (TPSA) is 72.9 Å². The summed E-state index contributed by atoms with van der Waals surface area (Å²) in [6.07, 6.45) is 2.00. The molecule has 2 atom stereocenters. The molecule has 0 aromatic carbocycles. The van der Waals surface area contributed by atoms with Gasteiger partial charge in [-0.25, -0.2) is 9.59 Å². The van der Waals surface area contributed by atoms with Crippen LogP contribution >= 0.6 is 0 Å². The van der Waals surface area contributed by atoms with Crippen LogP contribution in [0.2, 0.25) is 0 Å². The molecule has 0 aromatic rings. The molecule has 19 heavy (non-hydrogen) atoms. The van der Waals surface area contributed by atoms with Gasteiger partial charge in [0.15, 0.2) is 0 Å². The number of amides is 1. The van der Waals surface area contributed by atoms with Crippen LogP contribution in [0.1, 0.15) is 33.1 Å². The number of likely N-dealkylation sites (tertiary alicyclic amines) is 1. The maximum absolute atomic E-state index is 12.0. The van der Waals surface area contributed by atoms with Crippen LogP contribution in [0.5, 0.6) is 0 Å². The van der Waals surface area contributed by atoms with Gasteiger partial charge in [0, 0.05) is 13.0 Å². The smallest absolute Gasteiger partial charge is 0.410 e. The summed E-state index contributed by atoms with van der Waals surface area (Å²) in [6, 6.07) is -0.626.